The normalized spacial score (nSPS) is 10.7. The van der Waals surface area contributed by atoms with Crippen LogP contribution in [-0.2, 0) is 13.2 Å². The standard InChI is InChI=1S/C23H21N3O3S/c1-2-26(15-21-24-22(25-29-21)20-13-8-14-30-20)23(27)18-11-6-7-12-19(18)28-16-17-9-4-3-5-10-17/h3-14H,2,15-16H2,1H3. The summed E-state index contributed by atoms with van der Waals surface area (Å²) in [6.07, 6.45) is 0. The van der Waals surface area contributed by atoms with Crippen LogP contribution in [0.3, 0.4) is 0 Å². The molecule has 0 N–H and O–H groups in total. The largest absolute Gasteiger partial charge is 0.488 e. The number of para-hydroxylation sites is 1. The van der Waals surface area contributed by atoms with Crippen molar-refractivity contribution in [1.29, 1.82) is 0 Å². The maximum Gasteiger partial charge on any atom is 0.258 e. The zero-order chi connectivity index (χ0) is 20.8. The third-order valence-electron chi connectivity index (χ3n) is 4.56. The number of ether oxygens (including phenoxy) is 1. The summed E-state index contributed by atoms with van der Waals surface area (Å²) in [6, 6.07) is 21.0. The van der Waals surface area contributed by atoms with Gasteiger partial charge in [0.2, 0.25) is 11.7 Å². The van der Waals surface area contributed by atoms with E-state index in [1.165, 1.54) is 0 Å². The van der Waals surface area contributed by atoms with Gasteiger partial charge in [-0.05, 0) is 36.1 Å². The number of carbonyl (C=O) groups excluding carboxylic acids is 1. The van der Waals surface area contributed by atoms with Gasteiger partial charge in [0.25, 0.3) is 5.91 Å². The monoisotopic (exact) mass is 419 g/mol. The van der Waals surface area contributed by atoms with Crippen LogP contribution < -0.4 is 4.74 Å². The summed E-state index contributed by atoms with van der Waals surface area (Å²) in [7, 11) is 0. The Morgan fingerprint density at radius 1 is 1.07 bits per heavy atom. The molecule has 30 heavy (non-hydrogen) atoms. The first kappa shape index (κ1) is 19.8. The van der Waals surface area contributed by atoms with E-state index in [1.807, 2.05) is 73.0 Å². The molecule has 4 aromatic rings. The van der Waals surface area contributed by atoms with Gasteiger partial charge in [0.1, 0.15) is 18.9 Å². The molecule has 1 amide bonds. The van der Waals surface area contributed by atoms with E-state index in [4.69, 9.17) is 9.26 Å². The topological polar surface area (TPSA) is 68.5 Å². The van der Waals surface area contributed by atoms with E-state index in [1.54, 1.807) is 22.3 Å². The van der Waals surface area contributed by atoms with Gasteiger partial charge < -0.3 is 14.2 Å². The molecular formula is C23H21N3O3S. The molecule has 152 valence electrons. The predicted molar refractivity (Wildman–Crippen MR) is 115 cm³/mol. The van der Waals surface area contributed by atoms with Crippen LogP contribution in [0.5, 0.6) is 5.75 Å². The van der Waals surface area contributed by atoms with Gasteiger partial charge in [-0.25, -0.2) is 0 Å². The molecule has 0 atom stereocenters. The Balaban J connectivity index is 1.48. The molecule has 0 aliphatic carbocycles. The average molecular weight is 420 g/mol. The molecule has 0 aliphatic rings. The lowest BCUT2D eigenvalue weighted by Gasteiger charge is -2.20. The van der Waals surface area contributed by atoms with Gasteiger partial charge in [0.15, 0.2) is 0 Å². The fourth-order valence-corrected chi connectivity index (χ4v) is 3.64. The molecule has 0 saturated carbocycles. The lowest BCUT2D eigenvalue weighted by molar-refractivity contribution is 0.0729. The van der Waals surface area contributed by atoms with Gasteiger partial charge in [0, 0.05) is 6.54 Å². The molecular weight excluding hydrogens is 398 g/mol. The van der Waals surface area contributed by atoms with Crippen molar-refractivity contribution in [3.05, 3.63) is 89.1 Å². The lowest BCUT2D eigenvalue weighted by Crippen LogP contribution is -2.30. The maximum absolute atomic E-state index is 13.2. The molecule has 4 rings (SSSR count). The van der Waals surface area contributed by atoms with E-state index >= 15 is 0 Å². The van der Waals surface area contributed by atoms with Crippen molar-refractivity contribution < 1.29 is 14.1 Å². The number of benzene rings is 2. The highest BCUT2D eigenvalue weighted by Gasteiger charge is 2.21. The zero-order valence-corrected chi connectivity index (χ0v) is 17.3. The smallest absolute Gasteiger partial charge is 0.258 e. The van der Waals surface area contributed by atoms with Crippen LogP contribution in [0, 0.1) is 0 Å². The Morgan fingerprint density at radius 2 is 1.87 bits per heavy atom. The van der Waals surface area contributed by atoms with Crippen molar-refractivity contribution in [3.8, 4) is 16.5 Å². The van der Waals surface area contributed by atoms with Gasteiger partial charge in [-0.1, -0.05) is 53.7 Å². The Hall–Kier alpha value is -3.45. The average Bonchev–Trinajstić information content (AvgIpc) is 3.48. The quantitative estimate of drug-likeness (QED) is 0.400. The number of amides is 1. The Kier molecular flexibility index (Phi) is 6.20. The highest BCUT2D eigenvalue weighted by Crippen LogP contribution is 2.24. The van der Waals surface area contributed by atoms with Crippen LogP contribution in [0.25, 0.3) is 10.7 Å². The number of thiophene rings is 1. The van der Waals surface area contributed by atoms with Crippen LogP contribution >= 0.6 is 11.3 Å². The zero-order valence-electron chi connectivity index (χ0n) is 16.5. The second kappa shape index (κ2) is 9.37. The minimum absolute atomic E-state index is 0.142. The summed E-state index contributed by atoms with van der Waals surface area (Å²) < 4.78 is 11.3. The Labute approximate surface area is 178 Å². The van der Waals surface area contributed by atoms with E-state index in [9.17, 15) is 4.79 Å². The van der Waals surface area contributed by atoms with Gasteiger partial charge in [-0.15, -0.1) is 11.3 Å². The van der Waals surface area contributed by atoms with Crippen LogP contribution in [-0.4, -0.2) is 27.5 Å². The summed E-state index contributed by atoms with van der Waals surface area (Å²) in [5, 5.41) is 5.98. The fraction of sp³-hybridized carbons (Fsp3) is 0.174. The number of rotatable bonds is 8. The molecule has 0 fully saturated rings. The van der Waals surface area contributed by atoms with Crippen LogP contribution in [0.2, 0.25) is 0 Å². The first-order valence-corrected chi connectivity index (χ1v) is 10.5. The third kappa shape index (κ3) is 4.58. The lowest BCUT2D eigenvalue weighted by atomic mass is 10.1. The van der Waals surface area contributed by atoms with Crippen LogP contribution in [0.15, 0.2) is 76.6 Å². The minimum atomic E-state index is -0.142. The number of carbonyl (C=O) groups is 1. The molecule has 0 spiro atoms. The molecule has 0 aliphatic heterocycles. The minimum Gasteiger partial charge on any atom is -0.488 e. The van der Waals surface area contributed by atoms with Crippen molar-refractivity contribution in [1.82, 2.24) is 15.0 Å². The van der Waals surface area contributed by atoms with E-state index in [-0.39, 0.29) is 12.5 Å². The van der Waals surface area contributed by atoms with Crippen LogP contribution in [0.4, 0.5) is 0 Å². The number of hydrogen-bond acceptors (Lipinski definition) is 6. The molecule has 7 heteroatoms. The second-order valence-electron chi connectivity index (χ2n) is 6.58. The first-order chi connectivity index (χ1) is 14.7. The number of hydrogen-bond donors (Lipinski definition) is 0. The highest BCUT2D eigenvalue weighted by molar-refractivity contribution is 7.13. The summed E-state index contributed by atoms with van der Waals surface area (Å²) >= 11 is 1.54. The van der Waals surface area contributed by atoms with Gasteiger partial charge >= 0.3 is 0 Å². The second-order valence-corrected chi connectivity index (χ2v) is 7.53. The summed E-state index contributed by atoms with van der Waals surface area (Å²) in [6.45, 7) is 3.05. The van der Waals surface area contributed by atoms with Gasteiger partial charge in [-0.3, -0.25) is 4.79 Å². The van der Waals surface area contributed by atoms with Gasteiger partial charge in [0.05, 0.1) is 10.4 Å². The first-order valence-electron chi connectivity index (χ1n) is 9.66. The fourth-order valence-electron chi connectivity index (χ4n) is 2.99. The molecule has 0 saturated heterocycles. The summed E-state index contributed by atoms with van der Waals surface area (Å²) in [5.41, 5.74) is 1.55. The van der Waals surface area contributed by atoms with Gasteiger partial charge in [-0.2, -0.15) is 4.98 Å². The molecule has 6 nitrogen and oxygen atoms in total. The number of nitrogens with zero attached hydrogens (tertiary/aromatic N) is 3. The molecule has 2 aromatic heterocycles. The van der Waals surface area contributed by atoms with E-state index in [2.05, 4.69) is 10.1 Å². The van der Waals surface area contributed by atoms with Crippen molar-refractivity contribution >= 4 is 17.2 Å². The molecule has 2 aromatic carbocycles. The van der Waals surface area contributed by atoms with Crippen molar-refractivity contribution in [3.63, 3.8) is 0 Å². The van der Waals surface area contributed by atoms with E-state index in [0.29, 0.717) is 36.2 Å². The molecule has 0 radical (unpaired) electrons. The Morgan fingerprint density at radius 3 is 2.63 bits per heavy atom. The van der Waals surface area contributed by atoms with E-state index in [0.717, 1.165) is 10.4 Å². The van der Waals surface area contributed by atoms with E-state index < -0.39 is 0 Å². The SMILES string of the molecule is CCN(Cc1nc(-c2cccs2)no1)C(=O)c1ccccc1OCc1ccccc1. The summed E-state index contributed by atoms with van der Waals surface area (Å²) in [4.78, 5) is 20.2. The highest BCUT2D eigenvalue weighted by atomic mass is 32.1. The molecule has 0 unspecified atom stereocenters. The maximum atomic E-state index is 13.2. The van der Waals surface area contributed by atoms with Crippen molar-refractivity contribution in [2.24, 2.45) is 0 Å². The Bertz CT molecular complexity index is 1090. The summed E-state index contributed by atoms with van der Waals surface area (Å²) in [5.74, 6) is 1.35. The van der Waals surface area contributed by atoms with Crippen molar-refractivity contribution in [2.45, 2.75) is 20.1 Å². The molecule has 2 heterocycles. The van der Waals surface area contributed by atoms with Crippen molar-refractivity contribution in [2.75, 3.05) is 6.54 Å². The van der Waals surface area contributed by atoms with Crippen LogP contribution in [0.1, 0.15) is 28.7 Å². The third-order valence-corrected chi connectivity index (χ3v) is 5.43. The number of aromatic nitrogens is 2. The predicted octanol–water partition coefficient (Wildman–Crippen LogP) is 5.04. The molecule has 0 bridgehead atoms.